The molecule has 1 aromatic rings. The predicted molar refractivity (Wildman–Crippen MR) is 76.1 cm³/mol. The van der Waals surface area contributed by atoms with Gasteiger partial charge in [-0.15, -0.1) is 0 Å². The van der Waals surface area contributed by atoms with Crippen molar-refractivity contribution in [2.75, 3.05) is 26.2 Å². The fraction of sp³-hybridized carbons (Fsp3) is 0.500. The van der Waals surface area contributed by atoms with Crippen LogP contribution in [0.1, 0.15) is 40.4 Å². The molecule has 0 bridgehead atoms. The summed E-state index contributed by atoms with van der Waals surface area (Å²) in [5.41, 5.74) is 0.700. The minimum atomic E-state index is -1.04. The third kappa shape index (κ3) is 4.31. The Kier molecular flexibility index (Phi) is 6.11. The lowest BCUT2D eigenvalue weighted by Gasteiger charge is -2.17. The number of nitrogens with one attached hydrogen (secondary N) is 1. The molecule has 0 aliphatic carbocycles. The van der Waals surface area contributed by atoms with Crippen molar-refractivity contribution in [3.63, 3.8) is 0 Å². The minimum Gasteiger partial charge on any atom is -0.478 e. The predicted octanol–water partition coefficient (Wildman–Crippen LogP) is 1.16. The van der Waals surface area contributed by atoms with Crippen molar-refractivity contribution in [1.82, 2.24) is 15.2 Å². The number of carboxylic acids is 1. The number of aromatic nitrogens is 1. The summed E-state index contributed by atoms with van der Waals surface area (Å²) in [4.78, 5) is 29.0. The Bertz CT molecular complexity index is 485. The third-order valence-corrected chi connectivity index (χ3v) is 3.16. The Morgan fingerprint density at radius 1 is 1.30 bits per heavy atom. The molecule has 0 atom stereocenters. The van der Waals surface area contributed by atoms with Crippen molar-refractivity contribution in [2.45, 2.75) is 20.8 Å². The molecule has 0 aromatic carbocycles. The van der Waals surface area contributed by atoms with Crippen LogP contribution in [0.4, 0.5) is 0 Å². The van der Waals surface area contributed by atoms with Crippen LogP contribution >= 0.6 is 0 Å². The Hall–Kier alpha value is -1.95. The van der Waals surface area contributed by atoms with E-state index >= 15 is 0 Å². The molecule has 20 heavy (non-hydrogen) atoms. The van der Waals surface area contributed by atoms with Gasteiger partial charge in [0, 0.05) is 13.1 Å². The maximum atomic E-state index is 11.9. The lowest BCUT2D eigenvalue weighted by Crippen LogP contribution is -2.35. The van der Waals surface area contributed by atoms with Crippen LogP contribution in [-0.4, -0.2) is 53.0 Å². The number of nitrogens with zero attached hydrogens (tertiary/aromatic N) is 2. The zero-order valence-electron chi connectivity index (χ0n) is 12.1. The van der Waals surface area contributed by atoms with Gasteiger partial charge in [-0.2, -0.15) is 0 Å². The van der Waals surface area contributed by atoms with E-state index in [4.69, 9.17) is 5.11 Å². The van der Waals surface area contributed by atoms with Crippen LogP contribution < -0.4 is 5.32 Å². The summed E-state index contributed by atoms with van der Waals surface area (Å²) in [7, 11) is 0. The fourth-order valence-corrected chi connectivity index (χ4v) is 1.87. The number of carboxylic acid groups (broad SMARTS) is 1. The van der Waals surface area contributed by atoms with E-state index < -0.39 is 5.97 Å². The van der Waals surface area contributed by atoms with Crippen LogP contribution in [0, 0.1) is 6.92 Å². The van der Waals surface area contributed by atoms with Crippen LogP contribution in [0.2, 0.25) is 0 Å². The first kappa shape index (κ1) is 16.1. The SMILES string of the molecule is CCN(CC)CCNC(=O)c1ccc(C(=O)O)c(C)n1. The van der Waals surface area contributed by atoms with Crippen molar-refractivity contribution in [1.29, 1.82) is 0 Å². The second kappa shape index (κ2) is 7.59. The monoisotopic (exact) mass is 279 g/mol. The molecule has 0 aliphatic rings. The van der Waals surface area contributed by atoms with Gasteiger partial charge in [-0.25, -0.2) is 9.78 Å². The molecule has 0 saturated carbocycles. The maximum Gasteiger partial charge on any atom is 0.337 e. The zero-order chi connectivity index (χ0) is 15.1. The van der Waals surface area contributed by atoms with Crippen LogP contribution in [-0.2, 0) is 0 Å². The summed E-state index contributed by atoms with van der Waals surface area (Å²) >= 11 is 0. The molecule has 6 nitrogen and oxygen atoms in total. The van der Waals surface area contributed by atoms with Crippen LogP contribution in [0.25, 0.3) is 0 Å². The number of aryl methyl sites for hydroxylation is 1. The number of pyridine rings is 1. The van der Waals surface area contributed by atoms with Gasteiger partial charge in [-0.05, 0) is 32.1 Å². The van der Waals surface area contributed by atoms with Gasteiger partial charge in [0.15, 0.2) is 0 Å². The van der Waals surface area contributed by atoms with Gasteiger partial charge in [0.25, 0.3) is 5.91 Å². The third-order valence-electron chi connectivity index (χ3n) is 3.16. The Balaban J connectivity index is 2.60. The Labute approximate surface area is 118 Å². The van der Waals surface area contributed by atoms with Gasteiger partial charge in [-0.1, -0.05) is 13.8 Å². The van der Waals surface area contributed by atoms with E-state index in [1.54, 1.807) is 6.92 Å². The smallest absolute Gasteiger partial charge is 0.337 e. The number of carbonyl (C=O) groups excluding carboxylic acids is 1. The summed E-state index contributed by atoms with van der Waals surface area (Å²) in [5, 5.41) is 11.7. The van der Waals surface area contributed by atoms with Crippen molar-refractivity contribution < 1.29 is 14.7 Å². The van der Waals surface area contributed by atoms with E-state index in [-0.39, 0.29) is 17.2 Å². The highest BCUT2D eigenvalue weighted by Crippen LogP contribution is 2.06. The largest absolute Gasteiger partial charge is 0.478 e. The first-order valence-corrected chi connectivity index (χ1v) is 6.71. The van der Waals surface area contributed by atoms with E-state index in [1.807, 2.05) is 0 Å². The molecular weight excluding hydrogens is 258 g/mol. The van der Waals surface area contributed by atoms with Gasteiger partial charge >= 0.3 is 5.97 Å². The fourth-order valence-electron chi connectivity index (χ4n) is 1.87. The molecule has 1 aromatic heterocycles. The van der Waals surface area contributed by atoms with E-state index in [0.29, 0.717) is 12.2 Å². The molecule has 110 valence electrons. The topological polar surface area (TPSA) is 82.5 Å². The average Bonchev–Trinajstić information content (AvgIpc) is 2.42. The number of amides is 1. The summed E-state index contributed by atoms with van der Waals surface area (Å²) in [5.74, 6) is -1.32. The van der Waals surface area contributed by atoms with Crippen molar-refractivity contribution in [3.8, 4) is 0 Å². The summed E-state index contributed by atoms with van der Waals surface area (Å²) < 4.78 is 0. The molecule has 0 fully saturated rings. The average molecular weight is 279 g/mol. The molecule has 2 N–H and O–H groups in total. The first-order chi connectivity index (χ1) is 9.49. The maximum absolute atomic E-state index is 11.9. The number of hydrogen-bond donors (Lipinski definition) is 2. The highest BCUT2D eigenvalue weighted by atomic mass is 16.4. The Morgan fingerprint density at radius 2 is 1.95 bits per heavy atom. The molecule has 0 unspecified atom stereocenters. The van der Waals surface area contributed by atoms with E-state index in [0.717, 1.165) is 19.6 Å². The van der Waals surface area contributed by atoms with E-state index in [9.17, 15) is 9.59 Å². The number of aromatic carboxylic acids is 1. The number of hydrogen-bond acceptors (Lipinski definition) is 4. The summed E-state index contributed by atoms with van der Waals surface area (Å²) in [6.45, 7) is 8.93. The van der Waals surface area contributed by atoms with Crippen LogP contribution in [0.15, 0.2) is 12.1 Å². The molecule has 1 heterocycles. The number of carbonyl (C=O) groups is 2. The molecule has 0 aliphatic heterocycles. The van der Waals surface area contributed by atoms with Crippen LogP contribution in [0.5, 0.6) is 0 Å². The molecule has 0 spiro atoms. The number of rotatable bonds is 7. The van der Waals surface area contributed by atoms with Gasteiger partial charge in [0.1, 0.15) is 5.69 Å². The summed E-state index contributed by atoms with van der Waals surface area (Å²) in [6.07, 6.45) is 0. The van der Waals surface area contributed by atoms with Crippen LogP contribution in [0.3, 0.4) is 0 Å². The van der Waals surface area contributed by atoms with Crippen molar-refractivity contribution >= 4 is 11.9 Å². The lowest BCUT2D eigenvalue weighted by molar-refractivity contribution is 0.0694. The van der Waals surface area contributed by atoms with E-state index in [1.165, 1.54) is 12.1 Å². The molecule has 6 heteroatoms. The second-order valence-corrected chi connectivity index (χ2v) is 4.42. The lowest BCUT2D eigenvalue weighted by atomic mass is 10.2. The summed E-state index contributed by atoms with van der Waals surface area (Å²) in [6, 6.07) is 2.84. The van der Waals surface area contributed by atoms with Crippen molar-refractivity contribution in [2.24, 2.45) is 0 Å². The quantitative estimate of drug-likeness (QED) is 0.782. The normalized spacial score (nSPS) is 10.6. The van der Waals surface area contributed by atoms with Crippen molar-refractivity contribution in [3.05, 3.63) is 29.1 Å². The van der Waals surface area contributed by atoms with E-state index in [2.05, 4.69) is 29.0 Å². The highest BCUT2D eigenvalue weighted by molar-refractivity contribution is 5.94. The van der Waals surface area contributed by atoms with Gasteiger partial charge < -0.3 is 15.3 Å². The molecular formula is C14H21N3O3. The Morgan fingerprint density at radius 3 is 2.45 bits per heavy atom. The van der Waals surface area contributed by atoms with Gasteiger partial charge in [0.05, 0.1) is 11.3 Å². The molecule has 0 radical (unpaired) electrons. The molecule has 0 saturated heterocycles. The number of likely N-dealkylation sites (N-methyl/N-ethyl adjacent to an activating group) is 1. The first-order valence-electron chi connectivity index (χ1n) is 6.71. The molecule has 1 amide bonds. The molecule has 1 rings (SSSR count). The highest BCUT2D eigenvalue weighted by Gasteiger charge is 2.12. The van der Waals surface area contributed by atoms with Gasteiger partial charge in [0.2, 0.25) is 0 Å². The standard InChI is InChI=1S/C14H21N3O3/c1-4-17(5-2)9-8-15-13(18)12-7-6-11(14(19)20)10(3)16-12/h6-7H,4-5,8-9H2,1-3H3,(H,15,18)(H,19,20). The zero-order valence-corrected chi connectivity index (χ0v) is 12.1. The second-order valence-electron chi connectivity index (χ2n) is 4.42. The minimum absolute atomic E-state index is 0.115. The van der Waals surface area contributed by atoms with Gasteiger partial charge in [-0.3, -0.25) is 4.79 Å².